The van der Waals surface area contributed by atoms with E-state index >= 15 is 0 Å². The first kappa shape index (κ1) is 18.6. The summed E-state index contributed by atoms with van der Waals surface area (Å²) in [5.74, 6) is -0.0737. The van der Waals surface area contributed by atoms with Crippen LogP contribution in [0, 0.1) is 17.8 Å². The predicted octanol–water partition coefficient (Wildman–Crippen LogP) is 3.69. The van der Waals surface area contributed by atoms with Crippen LogP contribution in [0.3, 0.4) is 0 Å². The molecule has 130 valence electrons. The summed E-state index contributed by atoms with van der Waals surface area (Å²) in [4.78, 5) is 0. The van der Waals surface area contributed by atoms with Crippen molar-refractivity contribution in [1.82, 2.24) is 0 Å². The molecule has 0 radical (unpaired) electrons. The van der Waals surface area contributed by atoms with Crippen LogP contribution in [0.1, 0.15) is 20.8 Å². The molecule has 1 heterocycles. The Morgan fingerprint density at radius 1 is 1.13 bits per heavy atom. The van der Waals surface area contributed by atoms with Crippen molar-refractivity contribution in [2.24, 2.45) is 17.8 Å². The number of alkyl halides is 1. The number of rotatable bonds is 5. The second-order valence-electron chi connectivity index (χ2n) is 5.83. The van der Waals surface area contributed by atoms with E-state index in [4.69, 9.17) is 13.1 Å². The lowest BCUT2D eigenvalue weighted by atomic mass is 9.79. The van der Waals surface area contributed by atoms with Crippen molar-refractivity contribution in [3.05, 3.63) is 28.7 Å². The molecule has 0 bridgehead atoms. The van der Waals surface area contributed by atoms with E-state index in [2.05, 4.69) is 15.9 Å². The molecule has 1 fully saturated rings. The molecule has 0 amide bonds. The van der Waals surface area contributed by atoms with E-state index in [0.29, 0.717) is 0 Å². The highest BCUT2D eigenvalue weighted by molar-refractivity contribution is 9.10. The summed E-state index contributed by atoms with van der Waals surface area (Å²) in [6.45, 7) is 5.31. The molecule has 0 aliphatic carbocycles. The van der Waals surface area contributed by atoms with E-state index in [0.717, 1.165) is 4.47 Å². The molecule has 0 N–H and O–H groups in total. The van der Waals surface area contributed by atoms with Crippen LogP contribution >= 0.6 is 15.9 Å². The third kappa shape index (κ3) is 4.89. The fraction of sp³-hybridized carbons (Fsp3) is 0.600. The fourth-order valence-electron chi connectivity index (χ4n) is 2.44. The first-order valence-corrected chi connectivity index (χ1v) is 9.46. The van der Waals surface area contributed by atoms with Gasteiger partial charge in [0.25, 0.3) is 0 Å². The lowest BCUT2D eigenvalue weighted by Gasteiger charge is -2.40. The van der Waals surface area contributed by atoms with Gasteiger partial charge in [0, 0.05) is 10.4 Å². The number of hydrogen-bond donors (Lipinski definition) is 0. The Morgan fingerprint density at radius 3 is 2.35 bits per heavy atom. The van der Waals surface area contributed by atoms with Gasteiger partial charge < -0.3 is 8.92 Å². The van der Waals surface area contributed by atoms with Crippen molar-refractivity contribution >= 4 is 26.3 Å². The zero-order valence-electron chi connectivity index (χ0n) is 13.1. The van der Waals surface area contributed by atoms with E-state index < -0.39 is 22.9 Å². The molecule has 1 saturated heterocycles. The Balaban J connectivity index is 1.94. The Labute approximate surface area is 144 Å². The van der Waals surface area contributed by atoms with Crippen LogP contribution in [0.4, 0.5) is 4.39 Å². The monoisotopic (exact) mass is 410 g/mol. The van der Waals surface area contributed by atoms with E-state index in [-0.39, 0.29) is 30.1 Å². The highest BCUT2D eigenvalue weighted by Crippen LogP contribution is 2.35. The minimum absolute atomic E-state index is 0.0279. The van der Waals surface area contributed by atoms with E-state index in [1.807, 2.05) is 13.8 Å². The van der Waals surface area contributed by atoms with Crippen LogP contribution < -0.4 is 4.18 Å². The molecule has 0 spiro atoms. The lowest BCUT2D eigenvalue weighted by Crippen LogP contribution is -2.45. The summed E-state index contributed by atoms with van der Waals surface area (Å²) in [5.41, 5.74) is 0. The van der Waals surface area contributed by atoms with Gasteiger partial charge in [-0.1, -0.05) is 36.7 Å². The van der Waals surface area contributed by atoms with Crippen molar-refractivity contribution in [3.63, 3.8) is 0 Å². The van der Waals surface area contributed by atoms with Crippen molar-refractivity contribution in [1.29, 1.82) is 0 Å². The molecule has 2 rings (SSSR count). The number of halogens is 2. The second kappa shape index (κ2) is 7.46. The molecule has 8 heteroatoms. The number of ether oxygens (including phenoxy) is 1. The van der Waals surface area contributed by atoms with Crippen LogP contribution in [0.5, 0.6) is 5.75 Å². The maximum Gasteiger partial charge on any atom is 0.449 e. The van der Waals surface area contributed by atoms with Gasteiger partial charge in [-0.15, -0.1) is 0 Å². The molecule has 1 aliphatic rings. The number of benzene rings is 1. The topological polar surface area (TPSA) is 61.8 Å². The quantitative estimate of drug-likeness (QED) is 0.740. The average molecular weight is 411 g/mol. The molecule has 5 atom stereocenters. The van der Waals surface area contributed by atoms with E-state index in [9.17, 15) is 12.8 Å². The van der Waals surface area contributed by atoms with Gasteiger partial charge in [0.2, 0.25) is 6.36 Å². The van der Waals surface area contributed by atoms with Gasteiger partial charge in [0.1, 0.15) is 5.75 Å². The zero-order chi connectivity index (χ0) is 17.2. The van der Waals surface area contributed by atoms with Crippen LogP contribution in [0.15, 0.2) is 28.7 Å². The zero-order valence-corrected chi connectivity index (χ0v) is 15.5. The van der Waals surface area contributed by atoms with Gasteiger partial charge in [-0.25, -0.2) is 8.57 Å². The molecule has 1 aliphatic heterocycles. The average Bonchev–Trinajstić information content (AvgIpc) is 2.49. The molecule has 0 aromatic heterocycles. The summed E-state index contributed by atoms with van der Waals surface area (Å²) in [5, 5.41) is 0. The molecule has 3 unspecified atom stereocenters. The molecular formula is C15H20BrFO5S. The predicted molar refractivity (Wildman–Crippen MR) is 86.9 cm³/mol. The summed E-state index contributed by atoms with van der Waals surface area (Å²) < 4.78 is 53.2. The third-order valence-corrected chi connectivity index (χ3v) is 5.70. The maximum atomic E-state index is 13.8. The first-order valence-electron chi connectivity index (χ1n) is 7.33. The Bertz CT molecular complexity index is 621. The minimum Gasteiger partial charge on any atom is -0.362 e. The van der Waals surface area contributed by atoms with Crippen molar-refractivity contribution in [2.45, 2.75) is 33.2 Å². The summed E-state index contributed by atoms with van der Waals surface area (Å²) >= 11 is 3.24. The summed E-state index contributed by atoms with van der Waals surface area (Å²) in [6, 6.07) is 6.28. The largest absolute Gasteiger partial charge is 0.449 e. The summed E-state index contributed by atoms with van der Waals surface area (Å²) in [7, 11) is -4.24. The number of hydrogen-bond acceptors (Lipinski definition) is 5. The lowest BCUT2D eigenvalue weighted by molar-refractivity contribution is -0.195. The molecular weight excluding hydrogens is 391 g/mol. The minimum atomic E-state index is -4.24. The van der Waals surface area contributed by atoms with Crippen LogP contribution in [0.2, 0.25) is 0 Å². The Morgan fingerprint density at radius 2 is 1.74 bits per heavy atom. The molecule has 1 aromatic carbocycles. The smallest absolute Gasteiger partial charge is 0.362 e. The summed E-state index contributed by atoms with van der Waals surface area (Å²) in [6.07, 6.45) is -2.07. The maximum absolute atomic E-state index is 13.8. The van der Waals surface area contributed by atoms with Gasteiger partial charge in [-0.05, 0) is 36.1 Å². The Hall–Kier alpha value is -0.700. The van der Waals surface area contributed by atoms with Gasteiger partial charge in [0.15, 0.2) is 0 Å². The van der Waals surface area contributed by atoms with Crippen molar-refractivity contribution in [3.8, 4) is 5.75 Å². The van der Waals surface area contributed by atoms with Gasteiger partial charge in [-0.3, -0.25) is 0 Å². The molecule has 1 aromatic rings. The van der Waals surface area contributed by atoms with Crippen LogP contribution in [0.25, 0.3) is 0 Å². The Kier molecular flexibility index (Phi) is 6.05. The second-order valence-corrected chi connectivity index (χ2v) is 7.97. The standard InChI is InChI=1S/C15H20BrFO5S/c1-9-10(2)14(21-15(17)11(9)3)8-20-23(18,19)22-13-6-4-12(16)5-7-13/h4-7,9-11,14-15H,8H2,1-3H3/t9-,10-,11?,14?,15?/m0/s1. The SMILES string of the molecule is CC1C(F)OC(COS(=O)(=O)Oc2ccc(Br)cc2)[C@@H](C)[C@@H]1C. The third-order valence-electron chi connectivity index (χ3n) is 4.35. The van der Waals surface area contributed by atoms with Gasteiger partial charge >= 0.3 is 10.4 Å². The molecule has 0 saturated carbocycles. The van der Waals surface area contributed by atoms with Gasteiger partial charge in [0.05, 0.1) is 12.7 Å². The van der Waals surface area contributed by atoms with Crippen LogP contribution in [-0.2, 0) is 19.3 Å². The van der Waals surface area contributed by atoms with Crippen molar-refractivity contribution < 1.29 is 25.9 Å². The van der Waals surface area contributed by atoms with Crippen LogP contribution in [-0.4, -0.2) is 27.5 Å². The normalized spacial score (nSPS) is 31.8. The highest BCUT2D eigenvalue weighted by atomic mass is 79.9. The van der Waals surface area contributed by atoms with E-state index in [1.54, 1.807) is 19.1 Å². The first-order chi connectivity index (χ1) is 10.7. The van der Waals surface area contributed by atoms with E-state index in [1.165, 1.54) is 12.1 Å². The van der Waals surface area contributed by atoms with Gasteiger partial charge in [-0.2, -0.15) is 8.42 Å². The highest BCUT2D eigenvalue weighted by Gasteiger charge is 2.40. The molecule has 5 nitrogen and oxygen atoms in total. The fourth-order valence-corrected chi connectivity index (χ4v) is 3.40. The van der Waals surface area contributed by atoms with Crippen molar-refractivity contribution in [2.75, 3.05) is 6.61 Å². The molecule has 23 heavy (non-hydrogen) atoms.